The van der Waals surface area contributed by atoms with Crippen LogP contribution in [0.5, 0.6) is 0 Å². The summed E-state index contributed by atoms with van der Waals surface area (Å²) in [4.78, 5) is 22.0. The summed E-state index contributed by atoms with van der Waals surface area (Å²) in [6.45, 7) is 3.57. The second-order valence-electron chi connectivity index (χ2n) is 7.55. The number of amides is 1. The minimum Gasteiger partial charge on any atom is -0.336 e. The quantitative estimate of drug-likeness (QED) is 0.916. The van der Waals surface area contributed by atoms with E-state index < -0.39 is 0 Å². The van der Waals surface area contributed by atoms with Crippen molar-refractivity contribution in [2.75, 3.05) is 26.2 Å². The average molecular weight is 353 g/mol. The fourth-order valence-corrected chi connectivity index (χ4v) is 4.41. The Kier molecular flexibility index (Phi) is 5.29. The van der Waals surface area contributed by atoms with Gasteiger partial charge in [-0.3, -0.25) is 19.8 Å². The van der Waals surface area contributed by atoms with Crippen LogP contribution in [0.3, 0.4) is 0 Å². The molecule has 1 atom stereocenters. The molecule has 2 aliphatic rings. The van der Waals surface area contributed by atoms with E-state index >= 15 is 0 Å². The third-order valence-corrected chi connectivity index (χ3v) is 5.71. The van der Waals surface area contributed by atoms with E-state index in [1.54, 1.807) is 12.3 Å². The maximum atomic E-state index is 12.9. The predicted octanol–water partition coefficient (Wildman–Crippen LogP) is 2.36. The zero-order valence-electron chi connectivity index (χ0n) is 15.2. The van der Waals surface area contributed by atoms with Gasteiger partial charge in [0.25, 0.3) is 5.91 Å². The predicted molar refractivity (Wildman–Crippen MR) is 99.8 cm³/mol. The monoisotopic (exact) mass is 353 g/mol. The molecule has 6 heteroatoms. The summed E-state index contributed by atoms with van der Waals surface area (Å²) in [5.74, 6) is 0.460. The van der Waals surface area contributed by atoms with Crippen LogP contribution in [0.15, 0.2) is 36.7 Å². The Balaban J connectivity index is 1.51. The van der Waals surface area contributed by atoms with Crippen LogP contribution >= 0.6 is 0 Å². The molecule has 1 N–H and O–H groups in total. The van der Waals surface area contributed by atoms with Crippen LogP contribution in [0.1, 0.15) is 41.9 Å². The molecule has 1 unspecified atom stereocenters. The van der Waals surface area contributed by atoms with Crippen molar-refractivity contribution < 1.29 is 4.79 Å². The molecule has 4 rings (SSSR count). The Morgan fingerprint density at radius 1 is 1.12 bits per heavy atom. The lowest BCUT2D eigenvalue weighted by molar-refractivity contribution is 0.0738. The molecule has 138 valence electrons. The molecule has 2 aromatic rings. The number of H-pyrrole nitrogens is 1. The van der Waals surface area contributed by atoms with Crippen molar-refractivity contribution in [2.24, 2.45) is 5.92 Å². The number of rotatable bonds is 4. The standard InChI is InChI=1S/C20H27N5O/c26-20(19-8-10-22-23-19)25-12-11-24(18-6-1-2-7-18)14-16(15-25)13-17-5-3-4-9-21-17/h3-5,8-10,16,18H,1-2,6-7,11-15H2,(H,22,23). The van der Waals surface area contributed by atoms with Crippen molar-refractivity contribution in [1.82, 2.24) is 25.0 Å². The molecule has 1 saturated carbocycles. The Morgan fingerprint density at radius 2 is 2.00 bits per heavy atom. The van der Waals surface area contributed by atoms with E-state index in [2.05, 4.69) is 26.1 Å². The van der Waals surface area contributed by atoms with Gasteiger partial charge in [-0.05, 0) is 43.4 Å². The molecule has 0 radical (unpaired) electrons. The first-order valence-electron chi connectivity index (χ1n) is 9.72. The van der Waals surface area contributed by atoms with Crippen molar-refractivity contribution in [1.29, 1.82) is 0 Å². The zero-order chi connectivity index (χ0) is 17.8. The van der Waals surface area contributed by atoms with Crippen LogP contribution < -0.4 is 0 Å². The second-order valence-corrected chi connectivity index (χ2v) is 7.55. The molecule has 1 amide bonds. The molecule has 1 saturated heterocycles. The molecule has 1 aliphatic carbocycles. The second kappa shape index (κ2) is 7.99. The highest BCUT2D eigenvalue weighted by atomic mass is 16.2. The van der Waals surface area contributed by atoms with E-state index in [1.165, 1.54) is 25.7 Å². The summed E-state index contributed by atoms with van der Waals surface area (Å²) >= 11 is 0. The third-order valence-electron chi connectivity index (χ3n) is 5.71. The van der Waals surface area contributed by atoms with Gasteiger partial charge in [0.15, 0.2) is 0 Å². The Bertz CT molecular complexity index is 696. The number of aromatic nitrogens is 3. The van der Waals surface area contributed by atoms with E-state index in [0.717, 1.165) is 38.3 Å². The minimum absolute atomic E-state index is 0.0572. The van der Waals surface area contributed by atoms with Crippen LogP contribution in [-0.2, 0) is 6.42 Å². The fourth-order valence-electron chi connectivity index (χ4n) is 4.41. The Labute approximate surface area is 154 Å². The lowest BCUT2D eigenvalue weighted by Gasteiger charge is -2.29. The largest absolute Gasteiger partial charge is 0.336 e. The number of hydrogen-bond acceptors (Lipinski definition) is 4. The first-order valence-corrected chi connectivity index (χ1v) is 9.72. The number of nitrogens with one attached hydrogen (secondary N) is 1. The van der Waals surface area contributed by atoms with E-state index in [-0.39, 0.29) is 5.91 Å². The smallest absolute Gasteiger partial charge is 0.271 e. The first-order chi connectivity index (χ1) is 12.8. The molecular weight excluding hydrogens is 326 g/mol. The van der Waals surface area contributed by atoms with E-state index in [0.29, 0.717) is 17.7 Å². The van der Waals surface area contributed by atoms with Crippen LogP contribution in [0.2, 0.25) is 0 Å². The van der Waals surface area contributed by atoms with Gasteiger partial charge in [-0.15, -0.1) is 0 Å². The van der Waals surface area contributed by atoms with Crippen molar-refractivity contribution in [3.63, 3.8) is 0 Å². The van der Waals surface area contributed by atoms with Crippen molar-refractivity contribution >= 4 is 5.91 Å². The fraction of sp³-hybridized carbons (Fsp3) is 0.550. The summed E-state index contributed by atoms with van der Waals surface area (Å²) in [5, 5.41) is 6.75. The van der Waals surface area contributed by atoms with E-state index in [9.17, 15) is 4.79 Å². The zero-order valence-corrected chi connectivity index (χ0v) is 15.2. The number of pyridine rings is 1. The molecule has 0 aromatic carbocycles. The van der Waals surface area contributed by atoms with Gasteiger partial charge < -0.3 is 4.90 Å². The minimum atomic E-state index is 0.0572. The molecule has 0 spiro atoms. The molecule has 2 fully saturated rings. The SMILES string of the molecule is O=C(c1ccn[nH]1)N1CCN(C2CCCC2)CC(Cc2ccccn2)C1. The van der Waals surface area contributed by atoms with Crippen LogP contribution in [0.4, 0.5) is 0 Å². The molecule has 26 heavy (non-hydrogen) atoms. The molecule has 0 bridgehead atoms. The highest BCUT2D eigenvalue weighted by molar-refractivity contribution is 5.92. The number of aromatic amines is 1. The number of nitrogens with zero attached hydrogens (tertiary/aromatic N) is 4. The molecule has 2 aromatic heterocycles. The number of carbonyl (C=O) groups is 1. The van der Waals surface area contributed by atoms with E-state index in [1.807, 2.05) is 23.2 Å². The lowest BCUT2D eigenvalue weighted by atomic mass is 10.0. The summed E-state index contributed by atoms with van der Waals surface area (Å²) in [7, 11) is 0. The maximum absolute atomic E-state index is 12.9. The van der Waals surface area contributed by atoms with Gasteiger partial charge in [0, 0.05) is 50.3 Å². The molecule has 1 aliphatic heterocycles. The van der Waals surface area contributed by atoms with Crippen LogP contribution in [0, 0.1) is 5.92 Å². The summed E-state index contributed by atoms with van der Waals surface area (Å²) in [6, 6.07) is 8.53. The van der Waals surface area contributed by atoms with Gasteiger partial charge >= 0.3 is 0 Å². The highest BCUT2D eigenvalue weighted by Gasteiger charge is 2.31. The molecule has 3 heterocycles. The topological polar surface area (TPSA) is 65.1 Å². The van der Waals surface area contributed by atoms with Crippen LogP contribution in [-0.4, -0.2) is 63.1 Å². The van der Waals surface area contributed by atoms with Gasteiger partial charge in [0.1, 0.15) is 5.69 Å². The summed E-state index contributed by atoms with van der Waals surface area (Å²) in [5.41, 5.74) is 1.69. The molecular formula is C20H27N5O. The average Bonchev–Trinajstić information content (AvgIpc) is 3.35. The Morgan fingerprint density at radius 3 is 2.73 bits per heavy atom. The highest BCUT2D eigenvalue weighted by Crippen LogP contribution is 2.26. The van der Waals surface area contributed by atoms with Crippen molar-refractivity contribution in [2.45, 2.75) is 38.1 Å². The third kappa shape index (κ3) is 3.96. The van der Waals surface area contributed by atoms with Gasteiger partial charge in [-0.2, -0.15) is 5.10 Å². The molecule has 6 nitrogen and oxygen atoms in total. The van der Waals surface area contributed by atoms with Crippen molar-refractivity contribution in [3.05, 3.63) is 48.0 Å². The van der Waals surface area contributed by atoms with Gasteiger partial charge in [0.05, 0.1) is 0 Å². The van der Waals surface area contributed by atoms with E-state index in [4.69, 9.17) is 0 Å². The van der Waals surface area contributed by atoms with Gasteiger partial charge in [0.2, 0.25) is 0 Å². The first kappa shape index (κ1) is 17.2. The van der Waals surface area contributed by atoms with Crippen molar-refractivity contribution in [3.8, 4) is 0 Å². The van der Waals surface area contributed by atoms with Crippen LogP contribution in [0.25, 0.3) is 0 Å². The lowest BCUT2D eigenvalue weighted by Crippen LogP contribution is -2.38. The van der Waals surface area contributed by atoms with Gasteiger partial charge in [-0.25, -0.2) is 0 Å². The maximum Gasteiger partial charge on any atom is 0.271 e. The number of carbonyl (C=O) groups excluding carboxylic acids is 1. The number of hydrogen-bond donors (Lipinski definition) is 1. The van der Waals surface area contributed by atoms with Gasteiger partial charge in [-0.1, -0.05) is 18.9 Å². The Hall–Kier alpha value is -2.21. The summed E-state index contributed by atoms with van der Waals surface area (Å²) in [6.07, 6.45) is 9.67. The normalized spacial score (nSPS) is 22.5. The summed E-state index contributed by atoms with van der Waals surface area (Å²) < 4.78 is 0.